The molecule has 0 saturated carbocycles. The summed E-state index contributed by atoms with van der Waals surface area (Å²) in [6, 6.07) is 2.83. The maximum absolute atomic E-state index is 13.3. The maximum atomic E-state index is 13.3. The molecule has 0 fully saturated rings. The van der Waals surface area contributed by atoms with Crippen molar-refractivity contribution in [2.45, 2.75) is 32.3 Å². The highest BCUT2D eigenvalue weighted by Crippen LogP contribution is 2.27. The van der Waals surface area contributed by atoms with Crippen LogP contribution in [0.5, 0.6) is 0 Å². The average Bonchev–Trinajstić information content (AvgIpc) is 2.32. The van der Waals surface area contributed by atoms with Crippen LogP contribution < -0.4 is 11.1 Å². The second kappa shape index (κ2) is 5.69. The number of halogens is 2. The SMILES string of the molecule is CCC(O)(CC)CNc1cc(F)c(Br)cc1N. The Labute approximate surface area is 109 Å². The third-order valence-corrected chi connectivity index (χ3v) is 3.62. The standard InChI is InChI=1S/C12H18BrFN2O/c1-3-12(17,4-2)7-16-11-6-9(14)8(13)5-10(11)15/h5-6,16-17H,3-4,7,15H2,1-2H3. The first-order valence-electron chi connectivity index (χ1n) is 5.62. The van der Waals surface area contributed by atoms with Crippen molar-refractivity contribution in [2.75, 3.05) is 17.6 Å². The lowest BCUT2D eigenvalue weighted by Crippen LogP contribution is -2.35. The van der Waals surface area contributed by atoms with Gasteiger partial charge in [0, 0.05) is 12.6 Å². The summed E-state index contributed by atoms with van der Waals surface area (Å²) in [4.78, 5) is 0. The largest absolute Gasteiger partial charge is 0.397 e. The Bertz CT molecular complexity index is 394. The predicted octanol–water partition coefficient (Wildman–Crippen LogP) is 3.13. The molecule has 96 valence electrons. The quantitative estimate of drug-likeness (QED) is 0.733. The molecule has 0 saturated heterocycles. The van der Waals surface area contributed by atoms with Gasteiger partial charge in [0.2, 0.25) is 0 Å². The van der Waals surface area contributed by atoms with E-state index >= 15 is 0 Å². The van der Waals surface area contributed by atoms with Gasteiger partial charge in [0.05, 0.1) is 21.4 Å². The van der Waals surface area contributed by atoms with Crippen LogP contribution >= 0.6 is 15.9 Å². The fourth-order valence-electron chi connectivity index (χ4n) is 1.48. The van der Waals surface area contributed by atoms with E-state index in [9.17, 15) is 9.50 Å². The molecule has 0 bridgehead atoms. The van der Waals surface area contributed by atoms with Crippen LogP contribution in [-0.4, -0.2) is 17.3 Å². The second-order valence-corrected chi connectivity index (χ2v) is 4.99. The van der Waals surface area contributed by atoms with Gasteiger partial charge in [0.1, 0.15) is 5.82 Å². The Morgan fingerprint density at radius 2 is 2.00 bits per heavy atom. The number of aliphatic hydroxyl groups is 1. The molecule has 0 amide bonds. The Morgan fingerprint density at radius 3 is 2.53 bits per heavy atom. The van der Waals surface area contributed by atoms with Crippen molar-refractivity contribution in [3.05, 3.63) is 22.4 Å². The summed E-state index contributed by atoms with van der Waals surface area (Å²) in [5, 5.41) is 13.1. The number of nitrogens with two attached hydrogens (primary N) is 1. The highest BCUT2D eigenvalue weighted by molar-refractivity contribution is 9.10. The van der Waals surface area contributed by atoms with Crippen molar-refractivity contribution in [2.24, 2.45) is 0 Å². The lowest BCUT2D eigenvalue weighted by Gasteiger charge is -2.26. The highest BCUT2D eigenvalue weighted by Gasteiger charge is 2.22. The van der Waals surface area contributed by atoms with Gasteiger partial charge in [-0.2, -0.15) is 0 Å². The first kappa shape index (κ1) is 14.3. The molecule has 1 rings (SSSR count). The summed E-state index contributed by atoms with van der Waals surface area (Å²) in [6.45, 7) is 4.18. The molecule has 1 aromatic carbocycles. The van der Waals surface area contributed by atoms with Crippen molar-refractivity contribution in [3.63, 3.8) is 0 Å². The molecule has 0 heterocycles. The zero-order valence-corrected chi connectivity index (χ0v) is 11.6. The van der Waals surface area contributed by atoms with Crippen LogP contribution in [0.1, 0.15) is 26.7 Å². The number of benzene rings is 1. The molecule has 0 aliphatic heterocycles. The molecule has 0 unspecified atom stereocenters. The highest BCUT2D eigenvalue weighted by atomic mass is 79.9. The van der Waals surface area contributed by atoms with Crippen LogP contribution in [0.25, 0.3) is 0 Å². The molecule has 3 nitrogen and oxygen atoms in total. The van der Waals surface area contributed by atoms with Gasteiger partial charge in [-0.3, -0.25) is 0 Å². The third-order valence-electron chi connectivity index (χ3n) is 3.02. The van der Waals surface area contributed by atoms with E-state index in [-0.39, 0.29) is 5.82 Å². The topological polar surface area (TPSA) is 58.3 Å². The van der Waals surface area contributed by atoms with E-state index in [2.05, 4.69) is 21.2 Å². The molecule has 0 radical (unpaired) electrons. The van der Waals surface area contributed by atoms with Gasteiger partial charge in [-0.05, 0) is 34.8 Å². The zero-order valence-electron chi connectivity index (χ0n) is 10.1. The van der Waals surface area contributed by atoms with E-state index in [0.29, 0.717) is 35.2 Å². The molecule has 4 N–H and O–H groups in total. The van der Waals surface area contributed by atoms with E-state index in [1.54, 1.807) is 0 Å². The number of rotatable bonds is 5. The predicted molar refractivity (Wildman–Crippen MR) is 72.5 cm³/mol. The fraction of sp³-hybridized carbons (Fsp3) is 0.500. The number of hydrogen-bond acceptors (Lipinski definition) is 3. The second-order valence-electron chi connectivity index (χ2n) is 4.14. The third kappa shape index (κ3) is 3.57. The number of nitrogens with one attached hydrogen (secondary N) is 1. The van der Waals surface area contributed by atoms with Gasteiger partial charge in [-0.25, -0.2) is 4.39 Å². The van der Waals surface area contributed by atoms with E-state index in [0.717, 1.165) is 0 Å². The minimum Gasteiger partial charge on any atom is -0.397 e. The van der Waals surface area contributed by atoms with Crippen molar-refractivity contribution in [1.82, 2.24) is 0 Å². The van der Waals surface area contributed by atoms with E-state index < -0.39 is 5.60 Å². The zero-order chi connectivity index (χ0) is 13.1. The number of hydrogen-bond donors (Lipinski definition) is 3. The van der Waals surface area contributed by atoms with Crippen LogP contribution in [0, 0.1) is 5.82 Å². The minimum atomic E-state index is -0.782. The molecule has 1 aromatic rings. The minimum absolute atomic E-state index is 0.335. The number of anilines is 2. The summed E-state index contributed by atoms with van der Waals surface area (Å²) >= 11 is 3.07. The molecular formula is C12H18BrFN2O. The van der Waals surface area contributed by atoms with Crippen LogP contribution in [0.4, 0.5) is 15.8 Å². The van der Waals surface area contributed by atoms with Gasteiger partial charge in [0.15, 0.2) is 0 Å². The molecule has 0 aliphatic carbocycles. The van der Waals surface area contributed by atoms with E-state index in [4.69, 9.17) is 5.73 Å². The maximum Gasteiger partial charge on any atom is 0.139 e. The normalized spacial score (nSPS) is 11.6. The van der Waals surface area contributed by atoms with Crippen molar-refractivity contribution >= 4 is 27.3 Å². The monoisotopic (exact) mass is 304 g/mol. The van der Waals surface area contributed by atoms with Crippen LogP contribution in [-0.2, 0) is 0 Å². The molecular weight excluding hydrogens is 287 g/mol. The smallest absolute Gasteiger partial charge is 0.139 e. The molecule has 0 spiro atoms. The average molecular weight is 305 g/mol. The first-order chi connectivity index (χ1) is 7.91. The Hall–Kier alpha value is -0.810. The molecule has 5 heteroatoms. The van der Waals surface area contributed by atoms with Gasteiger partial charge in [-0.15, -0.1) is 0 Å². The summed E-state index contributed by atoms with van der Waals surface area (Å²) in [5.41, 5.74) is 5.94. The Morgan fingerprint density at radius 1 is 1.41 bits per heavy atom. The number of nitrogen functional groups attached to an aromatic ring is 1. The lowest BCUT2D eigenvalue weighted by molar-refractivity contribution is 0.0457. The molecule has 17 heavy (non-hydrogen) atoms. The van der Waals surface area contributed by atoms with Crippen molar-refractivity contribution < 1.29 is 9.50 Å². The van der Waals surface area contributed by atoms with Crippen molar-refractivity contribution in [3.8, 4) is 0 Å². The van der Waals surface area contributed by atoms with E-state index in [1.807, 2.05) is 13.8 Å². The Balaban J connectivity index is 2.79. The van der Waals surface area contributed by atoms with Crippen molar-refractivity contribution in [1.29, 1.82) is 0 Å². The summed E-state index contributed by atoms with van der Waals surface area (Å²) in [5.74, 6) is -0.377. The first-order valence-corrected chi connectivity index (χ1v) is 6.42. The lowest BCUT2D eigenvalue weighted by atomic mass is 9.97. The summed E-state index contributed by atoms with van der Waals surface area (Å²) < 4.78 is 13.7. The van der Waals surface area contributed by atoms with E-state index in [1.165, 1.54) is 12.1 Å². The fourth-order valence-corrected chi connectivity index (χ4v) is 1.84. The van der Waals surface area contributed by atoms with Crippen LogP contribution in [0.3, 0.4) is 0 Å². The molecule has 0 atom stereocenters. The molecule has 0 aromatic heterocycles. The Kier molecular flexibility index (Phi) is 4.77. The van der Waals surface area contributed by atoms with Gasteiger partial charge < -0.3 is 16.2 Å². The van der Waals surface area contributed by atoms with Gasteiger partial charge >= 0.3 is 0 Å². The van der Waals surface area contributed by atoms with Crippen LogP contribution in [0.2, 0.25) is 0 Å². The summed E-state index contributed by atoms with van der Waals surface area (Å²) in [6.07, 6.45) is 1.27. The summed E-state index contributed by atoms with van der Waals surface area (Å²) in [7, 11) is 0. The van der Waals surface area contributed by atoms with Gasteiger partial charge in [0.25, 0.3) is 0 Å². The van der Waals surface area contributed by atoms with Crippen LogP contribution in [0.15, 0.2) is 16.6 Å². The molecule has 0 aliphatic rings. The van der Waals surface area contributed by atoms with Gasteiger partial charge in [-0.1, -0.05) is 13.8 Å².